The van der Waals surface area contributed by atoms with E-state index in [0.717, 1.165) is 5.69 Å². The first-order chi connectivity index (χ1) is 10.7. The maximum absolute atomic E-state index is 12.5. The Kier molecular flexibility index (Phi) is 4.06. The van der Waals surface area contributed by atoms with Crippen molar-refractivity contribution in [2.24, 2.45) is 0 Å². The summed E-state index contributed by atoms with van der Waals surface area (Å²) in [5.41, 5.74) is 2.05. The molecule has 1 saturated heterocycles. The van der Waals surface area contributed by atoms with Crippen LogP contribution in [0.5, 0.6) is 0 Å². The molecule has 116 valence electrons. The first-order valence-electron chi connectivity index (χ1n) is 7.31. The number of H-pyrrole nitrogens is 1. The second kappa shape index (κ2) is 6.15. The third-order valence-electron chi connectivity index (χ3n) is 3.95. The highest BCUT2D eigenvalue weighted by molar-refractivity contribution is 5.93. The fourth-order valence-corrected chi connectivity index (χ4v) is 2.49. The van der Waals surface area contributed by atoms with Crippen LogP contribution in [0.3, 0.4) is 0 Å². The van der Waals surface area contributed by atoms with Gasteiger partial charge in [0.2, 0.25) is 0 Å². The van der Waals surface area contributed by atoms with Crippen molar-refractivity contribution in [3.8, 4) is 11.4 Å². The standard InChI is InChI=1S/C15H19N5O2/c1-10-11(2)22-8-7-20(10)15(21)18-13-9-17-19-14(13)12-5-3-4-6-16-12/h3-6,9-11H,7-8H2,1-2H3,(H,17,19)(H,18,21)/t10-,11-/m1/s1. The van der Waals surface area contributed by atoms with Crippen LogP contribution >= 0.6 is 0 Å². The summed E-state index contributed by atoms with van der Waals surface area (Å²) in [6.07, 6.45) is 3.32. The summed E-state index contributed by atoms with van der Waals surface area (Å²) >= 11 is 0. The number of nitrogens with zero attached hydrogens (tertiary/aromatic N) is 3. The van der Waals surface area contributed by atoms with Gasteiger partial charge in [0.15, 0.2) is 0 Å². The lowest BCUT2D eigenvalue weighted by Crippen LogP contribution is -2.52. The topological polar surface area (TPSA) is 83.1 Å². The van der Waals surface area contributed by atoms with Gasteiger partial charge >= 0.3 is 6.03 Å². The average Bonchev–Trinajstić information content (AvgIpc) is 2.99. The molecule has 0 radical (unpaired) electrons. The van der Waals surface area contributed by atoms with Crippen LogP contribution in [0, 0.1) is 0 Å². The number of nitrogens with one attached hydrogen (secondary N) is 2. The normalized spacial score (nSPS) is 21.6. The van der Waals surface area contributed by atoms with Gasteiger partial charge in [-0.25, -0.2) is 4.79 Å². The summed E-state index contributed by atoms with van der Waals surface area (Å²) in [6.45, 7) is 5.09. The maximum atomic E-state index is 12.5. The fourth-order valence-electron chi connectivity index (χ4n) is 2.49. The Labute approximate surface area is 128 Å². The number of hydrogen-bond donors (Lipinski definition) is 2. The molecule has 2 aromatic rings. The summed E-state index contributed by atoms with van der Waals surface area (Å²) in [4.78, 5) is 18.6. The Balaban J connectivity index is 1.77. The molecule has 0 aliphatic carbocycles. The van der Waals surface area contributed by atoms with Gasteiger partial charge in [0.05, 0.1) is 36.3 Å². The molecule has 0 spiro atoms. The molecule has 2 atom stereocenters. The molecule has 0 aromatic carbocycles. The van der Waals surface area contributed by atoms with Gasteiger partial charge < -0.3 is 15.0 Å². The molecule has 0 saturated carbocycles. The van der Waals surface area contributed by atoms with Crippen LogP contribution in [0.1, 0.15) is 13.8 Å². The number of aromatic nitrogens is 3. The van der Waals surface area contributed by atoms with Crippen LogP contribution in [0.4, 0.5) is 10.5 Å². The molecule has 2 amide bonds. The maximum Gasteiger partial charge on any atom is 0.322 e. The van der Waals surface area contributed by atoms with E-state index in [1.165, 1.54) is 0 Å². The Morgan fingerprint density at radius 3 is 3.09 bits per heavy atom. The minimum Gasteiger partial charge on any atom is -0.375 e. The van der Waals surface area contributed by atoms with Crippen molar-refractivity contribution in [2.75, 3.05) is 18.5 Å². The Bertz CT molecular complexity index is 642. The zero-order valence-electron chi connectivity index (χ0n) is 12.6. The van der Waals surface area contributed by atoms with Crippen LogP contribution in [0.25, 0.3) is 11.4 Å². The predicted octanol–water partition coefficient (Wildman–Crippen LogP) is 2.11. The van der Waals surface area contributed by atoms with Gasteiger partial charge in [0, 0.05) is 12.7 Å². The molecule has 7 heteroatoms. The lowest BCUT2D eigenvalue weighted by Gasteiger charge is -2.37. The van der Waals surface area contributed by atoms with Crippen molar-refractivity contribution in [1.29, 1.82) is 0 Å². The van der Waals surface area contributed by atoms with Gasteiger partial charge in [0.25, 0.3) is 0 Å². The third kappa shape index (κ3) is 2.80. The number of anilines is 1. The quantitative estimate of drug-likeness (QED) is 0.890. The van der Waals surface area contributed by atoms with E-state index in [-0.39, 0.29) is 18.2 Å². The van der Waals surface area contributed by atoms with Gasteiger partial charge in [-0.1, -0.05) is 6.07 Å². The van der Waals surface area contributed by atoms with E-state index in [1.54, 1.807) is 17.3 Å². The lowest BCUT2D eigenvalue weighted by molar-refractivity contribution is -0.0355. The van der Waals surface area contributed by atoms with Gasteiger partial charge in [0.1, 0.15) is 5.69 Å². The highest BCUT2D eigenvalue weighted by Crippen LogP contribution is 2.24. The van der Waals surface area contributed by atoms with Gasteiger partial charge in [-0.2, -0.15) is 5.10 Å². The molecular formula is C15H19N5O2. The number of amides is 2. The number of pyridine rings is 1. The van der Waals surface area contributed by atoms with Crippen molar-refractivity contribution >= 4 is 11.7 Å². The second-order valence-corrected chi connectivity index (χ2v) is 5.31. The number of aromatic amines is 1. The van der Waals surface area contributed by atoms with Crippen molar-refractivity contribution in [3.05, 3.63) is 30.6 Å². The predicted molar refractivity (Wildman–Crippen MR) is 82.4 cm³/mol. The smallest absolute Gasteiger partial charge is 0.322 e. The van der Waals surface area contributed by atoms with Gasteiger partial charge in [-0.05, 0) is 26.0 Å². The Morgan fingerprint density at radius 2 is 2.32 bits per heavy atom. The van der Waals surface area contributed by atoms with E-state index in [9.17, 15) is 4.79 Å². The average molecular weight is 301 g/mol. The molecule has 0 unspecified atom stereocenters. The molecule has 3 heterocycles. The summed E-state index contributed by atoms with van der Waals surface area (Å²) in [7, 11) is 0. The number of rotatable bonds is 2. The van der Waals surface area contributed by atoms with Gasteiger partial charge in [-0.3, -0.25) is 10.1 Å². The van der Waals surface area contributed by atoms with Crippen LogP contribution in [0.15, 0.2) is 30.6 Å². The van der Waals surface area contributed by atoms with Crippen LogP contribution in [-0.4, -0.2) is 51.4 Å². The molecule has 2 N–H and O–H groups in total. The van der Waals surface area contributed by atoms with Crippen molar-refractivity contribution in [2.45, 2.75) is 26.0 Å². The highest BCUT2D eigenvalue weighted by atomic mass is 16.5. The number of morpholine rings is 1. The summed E-state index contributed by atoms with van der Waals surface area (Å²) < 4.78 is 5.55. The largest absolute Gasteiger partial charge is 0.375 e. The molecule has 0 bridgehead atoms. The van der Waals surface area contributed by atoms with Crippen LogP contribution < -0.4 is 5.32 Å². The van der Waals surface area contributed by atoms with Gasteiger partial charge in [-0.15, -0.1) is 0 Å². The number of urea groups is 1. The SMILES string of the molecule is C[C@@H]1[C@@H](C)OCCN1C(=O)Nc1cn[nH]c1-c1ccccn1. The molecule has 1 aliphatic rings. The fraction of sp³-hybridized carbons (Fsp3) is 0.400. The molecule has 7 nitrogen and oxygen atoms in total. The van der Waals surface area contributed by atoms with Crippen LogP contribution in [-0.2, 0) is 4.74 Å². The number of carbonyl (C=O) groups is 1. The van der Waals surface area contributed by atoms with E-state index in [2.05, 4.69) is 20.5 Å². The summed E-state index contributed by atoms with van der Waals surface area (Å²) in [5.74, 6) is 0. The molecule has 22 heavy (non-hydrogen) atoms. The third-order valence-corrected chi connectivity index (χ3v) is 3.95. The van der Waals surface area contributed by atoms with Crippen molar-refractivity contribution in [3.63, 3.8) is 0 Å². The van der Waals surface area contributed by atoms with Crippen LogP contribution in [0.2, 0.25) is 0 Å². The molecule has 3 rings (SSSR count). The van der Waals surface area contributed by atoms with Crippen molar-refractivity contribution < 1.29 is 9.53 Å². The summed E-state index contributed by atoms with van der Waals surface area (Å²) in [5, 5.41) is 9.80. The first kappa shape index (κ1) is 14.5. The molecule has 1 fully saturated rings. The zero-order chi connectivity index (χ0) is 15.5. The molecular weight excluding hydrogens is 282 g/mol. The highest BCUT2D eigenvalue weighted by Gasteiger charge is 2.29. The van der Waals surface area contributed by atoms with E-state index < -0.39 is 0 Å². The van der Waals surface area contributed by atoms with E-state index in [4.69, 9.17) is 4.74 Å². The van der Waals surface area contributed by atoms with Crippen molar-refractivity contribution in [1.82, 2.24) is 20.1 Å². The Morgan fingerprint density at radius 1 is 1.45 bits per heavy atom. The number of ether oxygens (including phenoxy) is 1. The van der Waals surface area contributed by atoms with E-state index >= 15 is 0 Å². The summed E-state index contributed by atoms with van der Waals surface area (Å²) in [6, 6.07) is 5.47. The minimum absolute atomic E-state index is 0.0268. The number of hydrogen-bond acceptors (Lipinski definition) is 4. The monoisotopic (exact) mass is 301 g/mol. The zero-order valence-corrected chi connectivity index (χ0v) is 12.6. The molecule has 2 aromatic heterocycles. The second-order valence-electron chi connectivity index (χ2n) is 5.31. The minimum atomic E-state index is -0.152. The number of carbonyl (C=O) groups excluding carboxylic acids is 1. The molecule has 1 aliphatic heterocycles. The Hall–Kier alpha value is -2.41. The first-order valence-corrected chi connectivity index (χ1v) is 7.31. The lowest BCUT2D eigenvalue weighted by atomic mass is 10.1. The van der Waals surface area contributed by atoms with E-state index in [1.807, 2.05) is 32.0 Å². The van der Waals surface area contributed by atoms with E-state index in [0.29, 0.717) is 24.5 Å².